The van der Waals surface area contributed by atoms with E-state index in [1.165, 1.54) is 0 Å². The molecular formula is C21H18O3. The molecule has 0 bridgehead atoms. The monoisotopic (exact) mass is 318 g/mol. The smallest absolute Gasteiger partial charge is 0.197 e. The average molecular weight is 318 g/mol. The highest BCUT2D eigenvalue weighted by molar-refractivity contribution is 6.14. The van der Waals surface area contributed by atoms with Gasteiger partial charge in [-0.3, -0.25) is 4.79 Å². The van der Waals surface area contributed by atoms with Gasteiger partial charge in [0.15, 0.2) is 5.78 Å². The molecule has 0 radical (unpaired) electrons. The first-order chi connectivity index (χ1) is 11.6. The number of carbonyl (C=O) groups is 1. The molecule has 120 valence electrons. The van der Waals surface area contributed by atoms with Crippen LogP contribution in [0.5, 0.6) is 11.5 Å². The zero-order valence-electron chi connectivity index (χ0n) is 13.6. The van der Waals surface area contributed by atoms with Crippen LogP contribution >= 0.6 is 0 Å². The second kappa shape index (κ2) is 6.59. The van der Waals surface area contributed by atoms with Crippen molar-refractivity contribution < 1.29 is 14.6 Å². The van der Waals surface area contributed by atoms with Crippen LogP contribution in [0.4, 0.5) is 0 Å². The van der Waals surface area contributed by atoms with E-state index in [0.29, 0.717) is 16.9 Å². The Morgan fingerprint density at radius 3 is 2.25 bits per heavy atom. The zero-order valence-corrected chi connectivity index (χ0v) is 13.6. The molecule has 3 nitrogen and oxygen atoms in total. The van der Waals surface area contributed by atoms with E-state index in [4.69, 9.17) is 4.74 Å². The number of ketones is 1. The second-order valence-electron chi connectivity index (χ2n) is 5.63. The zero-order chi connectivity index (χ0) is 17.1. The topological polar surface area (TPSA) is 46.5 Å². The van der Waals surface area contributed by atoms with Crippen molar-refractivity contribution in [3.63, 3.8) is 0 Å². The Labute approximate surface area is 141 Å². The molecule has 0 aromatic heterocycles. The Kier molecular flexibility index (Phi) is 4.34. The third-order valence-corrected chi connectivity index (χ3v) is 3.93. The molecule has 0 fully saturated rings. The maximum absolute atomic E-state index is 13.0. The third-order valence-electron chi connectivity index (χ3n) is 3.93. The van der Waals surface area contributed by atoms with Crippen LogP contribution in [0.2, 0.25) is 0 Å². The Bertz CT molecular complexity index is 866. The highest BCUT2D eigenvalue weighted by Gasteiger charge is 2.20. The van der Waals surface area contributed by atoms with Gasteiger partial charge in [-0.25, -0.2) is 0 Å². The van der Waals surface area contributed by atoms with E-state index < -0.39 is 0 Å². The molecule has 24 heavy (non-hydrogen) atoms. The summed E-state index contributed by atoms with van der Waals surface area (Å²) in [4.78, 5) is 13.0. The largest absolute Gasteiger partial charge is 0.507 e. The predicted molar refractivity (Wildman–Crippen MR) is 94.7 cm³/mol. The van der Waals surface area contributed by atoms with Crippen LogP contribution in [-0.2, 0) is 0 Å². The van der Waals surface area contributed by atoms with Crippen LogP contribution in [0, 0.1) is 6.92 Å². The van der Waals surface area contributed by atoms with Gasteiger partial charge in [0, 0.05) is 5.56 Å². The predicted octanol–water partition coefficient (Wildman–Crippen LogP) is 4.61. The highest BCUT2D eigenvalue weighted by Crippen LogP contribution is 2.33. The molecule has 3 heteroatoms. The fourth-order valence-electron chi connectivity index (χ4n) is 2.74. The molecule has 0 unspecified atom stereocenters. The third kappa shape index (κ3) is 3.01. The number of methoxy groups -OCH3 is 1. The number of rotatable bonds is 4. The molecule has 0 saturated heterocycles. The number of hydrogen-bond donors (Lipinski definition) is 1. The van der Waals surface area contributed by atoms with Crippen LogP contribution in [0.15, 0.2) is 66.7 Å². The van der Waals surface area contributed by atoms with Crippen molar-refractivity contribution in [2.75, 3.05) is 7.11 Å². The first-order valence-corrected chi connectivity index (χ1v) is 7.68. The molecular weight excluding hydrogens is 300 g/mol. The second-order valence-corrected chi connectivity index (χ2v) is 5.63. The van der Waals surface area contributed by atoms with E-state index in [0.717, 1.165) is 16.7 Å². The minimum Gasteiger partial charge on any atom is -0.507 e. The number of ether oxygens (including phenoxy) is 1. The Morgan fingerprint density at radius 2 is 1.62 bits per heavy atom. The molecule has 0 spiro atoms. The lowest BCUT2D eigenvalue weighted by atomic mass is 9.91. The van der Waals surface area contributed by atoms with E-state index in [2.05, 4.69) is 0 Å². The van der Waals surface area contributed by atoms with Gasteiger partial charge in [0.05, 0.1) is 12.7 Å². The fourth-order valence-corrected chi connectivity index (χ4v) is 2.74. The van der Waals surface area contributed by atoms with Gasteiger partial charge in [-0.05, 0) is 53.9 Å². The number of phenols is 1. The minimum absolute atomic E-state index is 0.00493. The van der Waals surface area contributed by atoms with Gasteiger partial charge in [0.25, 0.3) is 0 Å². The summed E-state index contributed by atoms with van der Waals surface area (Å²) in [6, 6.07) is 20.0. The molecule has 0 aliphatic heterocycles. The van der Waals surface area contributed by atoms with Gasteiger partial charge in [0.2, 0.25) is 0 Å². The van der Waals surface area contributed by atoms with Crippen LogP contribution in [-0.4, -0.2) is 18.0 Å². The molecule has 0 aliphatic rings. The fraction of sp³-hybridized carbons (Fsp3) is 0.0952. The number of carbonyl (C=O) groups excluding carboxylic acids is 1. The molecule has 0 heterocycles. The van der Waals surface area contributed by atoms with Gasteiger partial charge in [-0.15, -0.1) is 0 Å². The summed E-state index contributed by atoms with van der Waals surface area (Å²) in [7, 11) is 1.58. The molecule has 1 N–H and O–H groups in total. The Morgan fingerprint density at radius 1 is 0.958 bits per heavy atom. The van der Waals surface area contributed by atoms with E-state index in [-0.39, 0.29) is 11.5 Å². The lowest BCUT2D eigenvalue weighted by Crippen LogP contribution is -2.05. The molecule has 3 aromatic carbocycles. The summed E-state index contributed by atoms with van der Waals surface area (Å²) < 4.78 is 5.13. The standard InChI is InChI=1S/C21H18O3/c1-14-12-18(15-6-4-3-5-7-15)20(19(22)13-14)21(23)16-8-10-17(24-2)11-9-16/h3-13,22H,1-2H3. The maximum atomic E-state index is 13.0. The molecule has 3 aromatic rings. The van der Waals surface area contributed by atoms with Gasteiger partial charge in [-0.1, -0.05) is 36.4 Å². The summed E-state index contributed by atoms with van der Waals surface area (Å²) >= 11 is 0. The number of aromatic hydroxyl groups is 1. The van der Waals surface area contributed by atoms with Crippen LogP contribution in [0.3, 0.4) is 0 Å². The highest BCUT2D eigenvalue weighted by atomic mass is 16.5. The van der Waals surface area contributed by atoms with Crippen molar-refractivity contribution in [2.24, 2.45) is 0 Å². The van der Waals surface area contributed by atoms with Crippen LogP contribution in [0.25, 0.3) is 11.1 Å². The van der Waals surface area contributed by atoms with Gasteiger partial charge >= 0.3 is 0 Å². The minimum atomic E-state index is -0.214. The van der Waals surface area contributed by atoms with Gasteiger partial charge in [-0.2, -0.15) is 0 Å². The number of phenolic OH excluding ortho intramolecular Hbond substituents is 1. The first-order valence-electron chi connectivity index (χ1n) is 7.68. The lowest BCUT2D eigenvalue weighted by molar-refractivity contribution is 0.103. The summed E-state index contributed by atoms with van der Waals surface area (Å²) in [6.45, 7) is 1.90. The Hall–Kier alpha value is -3.07. The van der Waals surface area contributed by atoms with Crippen LogP contribution in [0.1, 0.15) is 21.5 Å². The summed E-state index contributed by atoms with van der Waals surface area (Å²) in [5.74, 6) is 0.464. The summed E-state index contributed by atoms with van der Waals surface area (Å²) in [5, 5.41) is 10.4. The Balaban J connectivity index is 2.14. The van der Waals surface area contributed by atoms with Gasteiger partial charge in [0.1, 0.15) is 11.5 Å². The summed E-state index contributed by atoms with van der Waals surface area (Å²) in [5.41, 5.74) is 3.35. The van der Waals surface area contributed by atoms with E-state index in [1.54, 1.807) is 37.4 Å². The van der Waals surface area contributed by atoms with E-state index in [1.807, 2.05) is 43.3 Å². The molecule has 0 aliphatic carbocycles. The molecule has 0 saturated carbocycles. The lowest BCUT2D eigenvalue weighted by Gasteiger charge is -2.13. The van der Waals surface area contributed by atoms with E-state index in [9.17, 15) is 9.90 Å². The average Bonchev–Trinajstić information content (AvgIpc) is 2.61. The molecule has 0 atom stereocenters. The quantitative estimate of drug-likeness (QED) is 0.715. The first kappa shape index (κ1) is 15.8. The van der Waals surface area contributed by atoms with Crippen molar-refractivity contribution in [3.05, 3.63) is 83.4 Å². The van der Waals surface area contributed by atoms with Crippen molar-refractivity contribution in [1.82, 2.24) is 0 Å². The number of hydrogen-bond acceptors (Lipinski definition) is 3. The number of aryl methyl sites for hydroxylation is 1. The van der Waals surface area contributed by atoms with Gasteiger partial charge < -0.3 is 9.84 Å². The van der Waals surface area contributed by atoms with Crippen molar-refractivity contribution in [3.8, 4) is 22.6 Å². The number of benzene rings is 3. The molecule has 3 rings (SSSR count). The van der Waals surface area contributed by atoms with E-state index >= 15 is 0 Å². The van der Waals surface area contributed by atoms with Crippen LogP contribution < -0.4 is 4.74 Å². The molecule has 0 amide bonds. The normalized spacial score (nSPS) is 10.4. The van der Waals surface area contributed by atoms with Crippen molar-refractivity contribution >= 4 is 5.78 Å². The van der Waals surface area contributed by atoms with Crippen molar-refractivity contribution in [1.29, 1.82) is 0 Å². The maximum Gasteiger partial charge on any atom is 0.197 e. The van der Waals surface area contributed by atoms with Crippen molar-refractivity contribution in [2.45, 2.75) is 6.92 Å². The SMILES string of the molecule is COc1ccc(C(=O)c2c(O)cc(C)cc2-c2ccccc2)cc1. The summed E-state index contributed by atoms with van der Waals surface area (Å²) in [6.07, 6.45) is 0.